The lowest BCUT2D eigenvalue weighted by Crippen LogP contribution is -2.58. The molecule has 2 N–H and O–H groups in total. The van der Waals surface area contributed by atoms with Gasteiger partial charge < -0.3 is 10.2 Å². The maximum absolute atomic E-state index is 11.0. The third kappa shape index (κ3) is 1.84. The molecule has 4 fully saturated rings. The van der Waals surface area contributed by atoms with Gasteiger partial charge in [0.1, 0.15) is 0 Å². The molecule has 0 aliphatic heterocycles. The van der Waals surface area contributed by atoms with Crippen molar-refractivity contribution in [2.24, 2.45) is 34.5 Å². The van der Waals surface area contributed by atoms with E-state index < -0.39 is 0 Å². The van der Waals surface area contributed by atoms with Crippen molar-refractivity contribution in [3.63, 3.8) is 0 Å². The first-order valence-corrected chi connectivity index (χ1v) is 9.33. The van der Waals surface area contributed by atoms with E-state index in [0.29, 0.717) is 23.2 Å². The second-order valence-corrected chi connectivity index (χ2v) is 9.19. The number of rotatable bonds is 0. The summed E-state index contributed by atoms with van der Waals surface area (Å²) in [5.74, 6) is 2.66. The van der Waals surface area contributed by atoms with Gasteiger partial charge in [-0.3, -0.25) is 0 Å². The summed E-state index contributed by atoms with van der Waals surface area (Å²) in [4.78, 5) is 0. The van der Waals surface area contributed by atoms with Gasteiger partial charge in [0.05, 0.1) is 12.2 Å². The molecule has 0 unspecified atom stereocenters. The Bertz CT molecular complexity index is 422. The first-order valence-electron chi connectivity index (χ1n) is 9.33. The number of hydrogen-bond donors (Lipinski definition) is 2. The first-order chi connectivity index (χ1) is 9.97. The van der Waals surface area contributed by atoms with Crippen LogP contribution in [0.4, 0.5) is 0 Å². The molecule has 2 heteroatoms. The van der Waals surface area contributed by atoms with E-state index in [4.69, 9.17) is 0 Å². The highest BCUT2D eigenvalue weighted by Gasteiger charge is 2.62. The average molecular weight is 292 g/mol. The van der Waals surface area contributed by atoms with E-state index in [0.717, 1.165) is 18.8 Å². The number of aliphatic hydroxyl groups excluding tert-OH is 2. The molecule has 2 nitrogen and oxygen atoms in total. The van der Waals surface area contributed by atoms with Crippen LogP contribution in [-0.2, 0) is 0 Å². The van der Waals surface area contributed by atoms with Crippen LogP contribution in [0.3, 0.4) is 0 Å². The van der Waals surface area contributed by atoms with Gasteiger partial charge in [-0.05, 0) is 79.4 Å². The monoisotopic (exact) mass is 292 g/mol. The molecular formula is C19H32O2. The Balaban J connectivity index is 1.70. The molecular weight excluding hydrogens is 260 g/mol. The predicted octanol–water partition coefficient (Wildman–Crippen LogP) is 3.75. The first kappa shape index (κ1) is 14.5. The van der Waals surface area contributed by atoms with Crippen LogP contribution in [-0.4, -0.2) is 22.4 Å². The Labute approximate surface area is 129 Å². The van der Waals surface area contributed by atoms with Crippen molar-refractivity contribution in [1.82, 2.24) is 0 Å². The lowest BCUT2D eigenvalue weighted by Gasteiger charge is -2.61. The third-order valence-corrected chi connectivity index (χ3v) is 8.46. The van der Waals surface area contributed by atoms with Gasteiger partial charge in [0, 0.05) is 0 Å². The van der Waals surface area contributed by atoms with Crippen LogP contribution >= 0.6 is 0 Å². The van der Waals surface area contributed by atoms with E-state index >= 15 is 0 Å². The molecule has 0 heterocycles. The highest BCUT2D eigenvalue weighted by Crippen LogP contribution is 2.66. The number of aliphatic hydroxyl groups is 2. The van der Waals surface area contributed by atoms with Crippen molar-refractivity contribution >= 4 is 0 Å². The normalized spacial score (nSPS) is 60.0. The maximum atomic E-state index is 11.0. The van der Waals surface area contributed by atoms with Crippen molar-refractivity contribution in [2.45, 2.75) is 83.8 Å². The molecule has 8 atom stereocenters. The standard InChI is InChI=1S/C19H32O2/c1-18-10-4-3-5-12(18)6-7-13-14-8-9-16(21)19(14,2)11-15(20)17(13)18/h12-17,20-21H,3-11H2,1-2H3/t12-,13-,14-,15-,16-,17+,18-,19-/m0/s1. The zero-order valence-corrected chi connectivity index (χ0v) is 13.7. The van der Waals surface area contributed by atoms with Gasteiger partial charge in [0.2, 0.25) is 0 Å². The minimum absolute atomic E-state index is 0.0154. The van der Waals surface area contributed by atoms with Crippen LogP contribution in [0, 0.1) is 34.5 Å². The Morgan fingerprint density at radius 2 is 1.67 bits per heavy atom. The summed E-state index contributed by atoms with van der Waals surface area (Å²) >= 11 is 0. The summed E-state index contributed by atoms with van der Waals surface area (Å²) < 4.78 is 0. The highest BCUT2D eigenvalue weighted by atomic mass is 16.3. The van der Waals surface area contributed by atoms with Crippen LogP contribution < -0.4 is 0 Å². The zero-order valence-electron chi connectivity index (χ0n) is 13.7. The summed E-state index contributed by atoms with van der Waals surface area (Å²) in [7, 11) is 0. The average Bonchev–Trinajstić information content (AvgIpc) is 2.73. The molecule has 4 rings (SSSR count). The van der Waals surface area contributed by atoms with Crippen LogP contribution in [0.2, 0.25) is 0 Å². The SMILES string of the molecule is C[C@]12CCCC[C@H]1CC[C@@H]1[C@@H]2[C@@H](O)C[C@]2(C)[C@@H](O)CC[C@@H]12. The molecule has 21 heavy (non-hydrogen) atoms. The van der Waals surface area contributed by atoms with Crippen LogP contribution in [0.25, 0.3) is 0 Å². The smallest absolute Gasteiger partial charge is 0.0597 e. The fourth-order valence-electron chi connectivity index (χ4n) is 7.39. The summed E-state index contributed by atoms with van der Waals surface area (Å²) in [5, 5.41) is 21.5. The largest absolute Gasteiger partial charge is 0.393 e. The van der Waals surface area contributed by atoms with Crippen molar-refractivity contribution in [1.29, 1.82) is 0 Å². The second kappa shape index (κ2) is 4.71. The van der Waals surface area contributed by atoms with Gasteiger partial charge in [-0.25, -0.2) is 0 Å². The third-order valence-electron chi connectivity index (χ3n) is 8.46. The van der Waals surface area contributed by atoms with E-state index in [2.05, 4.69) is 13.8 Å². The van der Waals surface area contributed by atoms with Crippen molar-refractivity contribution < 1.29 is 10.2 Å². The maximum Gasteiger partial charge on any atom is 0.0597 e. The molecule has 120 valence electrons. The van der Waals surface area contributed by atoms with E-state index in [-0.39, 0.29) is 17.6 Å². The summed E-state index contributed by atoms with van der Waals surface area (Å²) in [6, 6.07) is 0. The quantitative estimate of drug-likeness (QED) is 0.714. The lowest BCUT2D eigenvalue weighted by molar-refractivity contribution is -0.175. The molecule has 4 saturated carbocycles. The van der Waals surface area contributed by atoms with Crippen molar-refractivity contribution in [3.05, 3.63) is 0 Å². The van der Waals surface area contributed by atoms with Gasteiger partial charge in [0.25, 0.3) is 0 Å². The van der Waals surface area contributed by atoms with E-state index in [9.17, 15) is 10.2 Å². The Kier molecular flexibility index (Phi) is 3.25. The molecule has 0 radical (unpaired) electrons. The van der Waals surface area contributed by atoms with Gasteiger partial charge in [-0.1, -0.05) is 26.7 Å². The second-order valence-electron chi connectivity index (χ2n) is 9.19. The lowest BCUT2D eigenvalue weighted by atomic mass is 9.44. The number of fused-ring (bicyclic) bond motifs is 5. The Morgan fingerprint density at radius 1 is 0.857 bits per heavy atom. The van der Waals surface area contributed by atoms with Gasteiger partial charge in [0.15, 0.2) is 0 Å². The van der Waals surface area contributed by atoms with Crippen LogP contribution in [0.15, 0.2) is 0 Å². The fraction of sp³-hybridized carbons (Fsp3) is 1.00. The minimum Gasteiger partial charge on any atom is -0.393 e. The van der Waals surface area contributed by atoms with Crippen LogP contribution in [0.5, 0.6) is 0 Å². The van der Waals surface area contributed by atoms with Gasteiger partial charge in [-0.15, -0.1) is 0 Å². The van der Waals surface area contributed by atoms with Gasteiger partial charge >= 0.3 is 0 Å². The number of hydrogen-bond acceptors (Lipinski definition) is 2. The predicted molar refractivity (Wildman–Crippen MR) is 83.7 cm³/mol. The molecule has 0 amide bonds. The Hall–Kier alpha value is -0.0800. The topological polar surface area (TPSA) is 40.5 Å². The highest BCUT2D eigenvalue weighted by molar-refractivity contribution is 5.11. The fourth-order valence-corrected chi connectivity index (χ4v) is 7.39. The van der Waals surface area contributed by atoms with E-state index in [1.54, 1.807) is 0 Å². The molecule has 4 aliphatic carbocycles. The summed E-state index contributed by atoms with van der Waals surface area (Å²) in [5.41, 5.74) is 0.355. The van der Waals surface area contributed by atoms with Crippen LogP contribution in [0.1, 0.15) is 71.6 Å². The van der Waals surface area contributed by atoms with E-state index in [1.165, 1.54) is 44.9 Å². The molecule has 0 bridgehead atoms. The molecule has 0 aromatic carbocycles. The summed E-state index contributed by atoms with van der Waals surface area (Å²) in [6.07, 6.45) is 10.7. The molecule has 4 aliphatic rings. The minimum atomic E-state index is -0.185. The van der Waals surface area contributed by atoms with Crippen molar-refractivity contribution in [2.75, 3.05) is 0 Å². The molecule has 0 aromatic rings. The summed E-state index contributed by atoms with van der Waals surface area (Å²) in [6.45, 7) is 4.75. The Morgan fingerprint density at radius 3 is 2.48 bits per heavy atom. The van der Waals surface area contributed by atoms with E-state index in [1.807, 2.05) is 0 Å². The zero-order chi connectivity index (χ0) is 14.8. The molecule has 0 spiro atoms. The molecule has 0 saturated heterocycles. The van der Waals surface area contributed by atoms with Crippen molar-refractivity contribution in [3.8, 4) is 0 Å². The van der Waals surface area contributed by atoms with Gasteiger partial charge in [-0.2, -0.15) is 0 Å². The molecule has 0 aromatic heterocycles.